The molecule has 0 saturated carbocycles. The molecule has 1 aromatic heterocycles. The van der Waals surface area contributed by atoms with Crippen LogP contribution >= 0.6 is 0 Å². The van der Waals surface area contributed by atoms with Crippen LogP contribution < -0.4 is 0 Å². The van der Waals surface area contributed by atoms with Gasteiger partial charge in [-0.3, -0.25) is 9.69 Å². The van der Waals surface area contributed by atoms with Crippen LogP contribution in [0, 0.1) is 19.7 Å². The molecule has 0 N–H and O–H groups in total. The standard InChI is InChI=1S/C25H28FN3O2/c1-18-5-8-21(19(2)13-18)15-28(14-20-6-9-22(26)10-7-20)16-24-27-23(17-31-24)25(30)29-11-3-4-12-29/h5-10,13,17H,3-4,11-12,14-16H2,1-2H3. The SMILES string of the molecule is Cc1ccc(CN(Cc2ccc(F)cc2)Cc2nc(C(=O)N3CCCC3)co2)c(C)c1. The van der Waals surface area contributed by atoms with Gasteiger partial charge >= 0.3 is 0 Å². The summed E-state index contributed by atoms with van der Waals surface area (Å²) in [5.74, 6) is 0.198. The van der Waals surface area contributed by atoms with Crippen molar-refractivity contribution < 1.29 is 13.6 Å². The summed E-state index contributed by atoms with van der Waals surface area (Å²) in [6, 6.07) is 13.0. The van der Waals surface area contributed by atoms with Crippen LogP contribution in [0.4, 0.5) is 4.39 Å². The van der Waals surface area contributed by atoms with Gasteiger partial charge in [-0.2, -0.15) is 0 Å². The molecule has 1 saturated heterocycles. The molecule has 0 unspecified atom stereocenters. The smallest absolute Gasteiger partial charge is 0.275 e. The van der Waals surface area contributed by atoms with Gasteiger partial charge in [0, 0.05) is 26.2 Å². The lowest BCUT2D eigenvalue weighted by atomic mass is 10.0. The van der Waals surface area contributed by atoms with E-state index in [1.165, 1.54) is 35.1 Å². The summed E-state index contributed by atoms with van der Waals surface area (Å²) < 4.78 is 19.0. The zero-order valence-corrected chi connectivity index (χ0v) is 18.1. The zero-order chi connectivity index (χ0) is 21.8. The molecule has 1 fully saturated rings. The maximum absolute atomic E-state index is 13.3. The van der Waals surface area contributed by atoms with Gasteiger partial charge in [-0.05, 0) is 55.5 Å². The largest absolute Gasteiger partial charge is 0.447 e. The van der Waals surface area contributed by atoms with E-state index in [9.17, 15) is 9.18 Å². The van der Waals surface area contributed by atoms with Crippen molar-refractivity contribution >= 4 is 5.91 Å². The number of aryl methyl sites for hydroxylation is 2. The van der Waals surface area contributed by atoms with Crippen LogP contribution in [0.15, 0.2) is 53.1 Å². The van der Waals surface area contributed by atoms with Crippen LogP contribution in [0.2, 0.25) is 0 Å². The first-order valence-electron chi connectivity index (χ1n) is 10.7. The predicted octanol–water partition coefficient (Wildman–Crippen LogP) is 4.87. The minimum absolute atomic E-state index is 0.0630. The van der Waals surface area contributed by atoms with Crippen molar-refractivity contribution in [1.82, 2.24) is 14.8 Å². The van der Waals surface area contributed by atoms with Crippen molar-refractivity contribution in [2.45, 2.75) is 46.3 Å². The Morgan fingerprint density at radius 1 is 1.06 bits per heavy atom. The average molecular weight is 422 g/mol. The van der Waals surface area contributed by atoms with Gasteiger partial charge in [0.05, 0.1) is 6.54 Å². The number of carbonyl (C=O) groups excluding carboxylic acids is 1. The summed E-state index contributed by atoms with van der Waals surface area (Å²) in [7, 11) is 0. The van der Waals surface area contributed by atoms with E-state index in [0.29, 0.717) is 31.2 Å². The van der Waals surface area contributed by atoms with E-state index in [0.717, 1.165) is 31.5 Å². The summed E-state index contributed by atoms with van der Waals surface area (Å²) in [4.78, 5) is 21.1. The molecule has 0 radical (unpaired) electrons. The molecule has 0 atom stereocenters. The van der Waals surface area contributed by atoms with Gasteiger partial charge in [-0.15, -0.1) is 0 Å². The molecule has 0 aliphatic carbocycles. The highest BCUT2D eigenvalue weighted by atomic mass is 19.1. The number of hydrogen-bond donors (Lipinski definition) is 0. The van der Waals surface area contributed by atoms with Crippen molar-refractivity contribution in [3.8, 4) is 0 Å². The lowest BCUT2D eigenvalue weighted by Crippen LogP contribution is -2.28. The second-order valence-electron chi connectivity index (χ2n) is 8.33. The summed E-state index contributed by atoms with van der Waals surface area (Å²) in [6.45, 7) is 7.52. The Labute approximate surface area is 182 Å². The Balaban J connectivity index is 1.52. The van der Waals surface area contributed by atoms with E-state index in [-0.39, 0.29) is 11.7 Å². The number of oxazole rings is 1. The quantitative estimate of drug-likeness (QED) is 0.546. The molecule has 2 heterocycles. The van der Waals surface area contributed by atoms with E-state index >= 15 is 0 Å². The third kappa shape index (κ3) is 5.39. The fourth-order valence-electron chi connectivity index (χ4n) is 4.04. The van der Waals surface area contributed by atoms with Crippen LogP contribution in [0.3, 0.4) is 0 Å². The van der Waals surface area contributed by atoms with Crippen molar-refractivity contribution in [3.05, 3.63) is 88.4 Å². The van der Waals surface area contributed by atoms with Crippen LogP contribution in [0.25, 0.3) is 0 Å². The van der Waals surface area contributed by atoms with Crippen molar-refractivity contribution in [1.29, 1.82) is 0 Å². The van der Waals surface area contributed by atoms with E-state index < -0.39 is 0 Å². The third-order valence-electron chi connectivity index (χ3n) is 5.73. The van der Waals surface area contributed by atoms with Gasteiger partial charge in [0.2, 0.25) is 5.89 Å². The molecule has 1 aliphatic rings. The number of amides is 1. The Morgan fingerprint density at radius 3 is 2.52 bits per heavy atom. The molecule has 6 heteroatoms. The highest BCUT2D eigenvalue weighted by molar-refractivity contribution is 5.92. The fourth-order valence-corrected chi connectivity index (χ4v) is 4.04. The van der Waals surface area contributed by atoms with Crippen LogP contribution in [0.5, 0.6) is 0 Å². The monoisotopic (exact) mass is 421 g/mol. The minimum Gasteiger partial charge on any atom is -0.447 e. The maximum atomic E-state index is 13.3. The van der Waals surface area contributed by atoms with Gasteiger partial charge in [-0.1, -0.05) is 35.9 Å². The lowest BCUT2D eigenvalue weighted by Gasteiger charge is -2.22. The number of hydrogen-bond acceptors (Lipinski definition) is 4. The topological polar surface area (TPSA) is 49.6 Å². The first kappa shape index (κ1) is 21.2. The molecule has 0 spiro atoms. The number of nitrogens with zero attached hydrogens (tertiary/aromatic N) is 3. The first-order chi connectivity index (χ1) is 15.0. The molecule has 2 aromatic carbocycles. The molecule has 3 aromatic rings. The number of likely N-dealkylation sites (tertiary alicyclic amines) is 1. The fraction of sp³-hybridized carbons (Fsp3) is 0.360. The van der Waals surface area contributed by atoms with Gasteiger partial charge in [-0.25, -0.2) is 9.37 Å². The number of carbonyl (C=O) groups is 1. The Kier molecular flexibility index (Phi) is 6.47. The summed E-state index contributed by atoms with van der Waals surface area (Å²) in [6.07, 6.45) is 3.54. The Morgan fingerprint density at radius 2 is 1.81 bits per heavy atom. The van der Waals surface area contributed by atoms with Crippen molar-refractivity contribution in [2.75, 3.05) is 13.1 Å². The van der Waals surface area contributed by atoms with Gasteiger partial charge in [0.1, 0.15) is 12.1 Å². The number of benzene rings is 2. The van der Waals surface area contributed by atoms with E-state index in [1.54, 1.807) is 12.1 Å². The minimum atomic E-state index is -0.248. The van der Waals surface area contributed by atoms with Crippen LogP contribution in [-0.2, 0) is 19.6 Å². The Hall–Kier alpha value is -2.99. The number of aromatic nitrogens is 1. The van der Waals surface area contributed by atoms with Crippen molar-refractivity contribution in [3.63, 3.8) is 0 Å². The summed E-state index contributed by atoms with van der Waals surface area (Å²) in [5, 5.41) is 0. The second kappa shape index (κ2) is 9.43. The molecular weight excluding hydrogens is 393 g/mol. The zero-order valence-electron chi connectivity index (χ0n) is 18.1. The van der Waals surface area contributed by atoms with Gasteiger partial charge < -0.3 is 9.32 Å². The van der Waals surface area contributed by atoms with E-state index in [2.05, 4.69) is 41.9 Å². The highest BCUT2D eigenvalue weighted by Gasteiger charge is 2.23. The number of halogens is 1. The van der Waals surface area contributed by atoms with Crippen LogP contribution in [0.1, 0.15) is 51.5 Å². The third-order valence-corrected chi connectivity index (χ3v) is 5.73. The van der Waals surface area contributed by atoms with Crippen LogP contribution in [-0.4, -0.2) is 33.8 Å². The molecule has 1 amide bonds. The molecular formula is C25H28FN3O2. The van der Waals surface area contributed by atoms with Gasteiger partial charge in [0.15, 0.2) is 5.69 Å². The average Bonchev–Trinajstić information content (AvgIpc) is 3.44. The molecule has 1 aliphatic heterocycles. The van der Waals surface area contributed by atoms with E-state index in [4.69, 9.17) is 4.42 Å². The summed E-state index contributed by atoms with van der Waals surface area (Å²) >= 11 is 0. The molecule has 162 valence electrons. The van der Waals surface area contributed by atoms with E-state index in [1.807, 2.05) is 4.90 Å². The summed E-state index contributed by atoms with van der Waals surface area (Å²) in [5.41, 5.74) is 5.04. The maximum Gasteiger partial charge on any atom is 0.275 e. The molecule has 4 rings (SSSR count). The molecule has 0 bridgehead atoms. The Bertz CT molecular complexity index is 1040. The normalized spacial score (nSPS) is 13.9. The second-order valence-corrected chi connectivity index (χ2v) is 8.33. The molecule has 31 heavy (non-hydrogen) atoms. The first-order valence-corrected chi connectivity index (χ1v) is 10.7. The van der Waals surface area contributed by atoms with Crippen molar-refractivity contribution in [2.24, 2.45) is 0 Å². The predicted molar refractivity (Wildman–Crippen MR) is 117 cm³/mol. The lowest BCUT2D eigenvalue weighted by molar-refractivity contribution is 0.0787. The number of rotatable bonds is 7. The molecule has 5 nitrogen and oxygen atoms in total. The highest BCUT2D eigenvalue weighted by Crippen LogP contribution is 2.19. The van der Waals surface area contributed by atoms with Gasteiger partial charge in [0.25, 0.3) is 5.91 Å².